The van der Waals surface area contributed by atoms with Crippen molar-refractivity contribution >= 4 is 11.4 Å². The van der Waals surface area contributed by atoms with Crippen LogP contribution in [0.3, 0.4) is 0 Å². The number of hydrogen-bond donors (Lipinski definition) is 4. The smallest absolute Gasteiger partial charge is 0.274 e. The van der Waals surface area contributed by atoms with E-state index < -0.39 is 29.5 Å². The molecule has 1 fully saturated rings. The maximum Gasteiger partial charge on any atom is 0.274 e. The molecule has 1 saturated heterocycles. The van der Waals surface area contributed by atoms with Gasteiger partial charge in [-0.1, -0.05) is 6.07 Å². The molecule has 8 heteroatoms. The summed E-state index contributed by atoms with van der Waals surface area (Å²) in [6, 6.07) is 4.50. The number of nitro groups is 1. The van der Waals surface area contributed by atoms with Crippen molar-refractivity contribution < 1.29 is 25.0 Å². The van der Waals surface area contributed by atoms with Crippen molar-refractivity contribution in [1.82, 2.24) is 0 Å². The first-order valence-electron chi connectivity index (χ1n) is 6.07. The van der Waals surface area contributed by atoms with E-state index in [4.69, 9.17) is 4.74 Å². The zero-order valence-electron chi connectivity index (χ0n) is 10.8. The van der Waals surface area contributed by atoms with Gasteiger partial charge in [0.2, 0.25) is 0 Å². The Balaban J connectivity index is 2.14. The third-order valence-corrected chi connectivity index (χ3v) is 3.22. The van der Waals surface area contributed by atoms with E-state index in [1.54, 1.807) is 19.1 Å². The summed E-state index contributed by atoms with van der Waals surface area (Å²) in [6.45, 7) is 1.48. The molecule has 2 rings (SSSR count). The molecule has 0 unspecified atom stereocenters. The number of nitrogens with zero attached hydrogens (tertiary/aromatic N) is 1. The minimum atomic E-state index is -1.33. The van der Waals surface area contributed by atoms with Gasteiger partial charge in [0.1, 0.15) is 18.3 Å². The van der Waals surface area contributed by atoms with E-state index >= 15 is 0 Å². The number of aryl methyl sites for hydroxylation is 1. The molecule has 0 spiro atoms. The molecule has 1 heterocycles. The van der Waals surface area contributed by atoms with Gasteiger partial charge < -0.3 is 25.4 Å². The second kappa shape index (κ2) is 5.71. The molecule has 1 aromatic rings. The maximum absolute atomic E-state index is 10.8. The number of aliphatic hydroxyl groups is 3. The van der Waals surface area contributed by atoms with Gasteiger partial charge >= 0.3 is 0 Å². The van der Waals surface area contributed by atoms with Crippen LogP contribution >= 0.6 is 0 Å². The van der Waals surface area contributed by atoms with Crippen LogP contribution in [0.25, 0.3) is 0 Å². The molecule has 0 bridgehead atoms. The number of ether oxygens (including phenoxy) is 1. The summed E-state index contributed by atoms with van der Waals surface area (Å²) in [5.41, 5.74) is 0.844. The van der Waals surface area contributed by atoms with Crippen molar-refractivity contribution in [2.45, 2.75) is 31.5 Å². The molecule has 4 atom stereocenters. The van der Waals surface area contributed by atoms with E-state index in [9.17, 15) is 25.4 Å². The number of rotatable bonds is 3. The van der Waals surface area contributed by atoms with Crippen molar-refractivity contribution in [3.8, 4) is 0 Å². The lowest BCUT2D eigenvalue weighted by Gasteiger charge is -2.35. The number of benzene rings is 1. The summed E-state index contributed by atoms with van der Waals surface area (Å²) < 4.78 is 5.17. The van der Waals surface area contributed by atoms with Crippen molar-refractivity contribution in [2.75, 3.05) is 11.9 Å². The Bertz CT molecular complexity index is 509. The van der Waals surface area contributed by atoms with Crippen LogP contribution in [0, 0.1) is 17.0 Å². The van der Waals surface area contributed by atoms with Crippen LogP contribution in [0.1, 0.15) is 5.56 Å². The van der Waals surface area contributed by atoms with Crippen LogP contribution in [0.4, 0.5) is 11.4 Å². The van der Waals surface area contributed by atoms with Gasteiger partial charge in [-0.3, -0.25) is 10.1 Å². The van der Waals surface area contributed by atoms with Gasteiger partial charge in [-0.15, -0.1) is 0 Å². The van der Waals surface area contributed by atoms with E-state index in [1.807, 2.05) is 0 Å². The topological polar surface area (TPSA) is 125 Å². The van der Waals surface area contributed by atoms with Crippen LogP contribution < -0.4 is 5.32 Å². The molecule has 1 aliphatic rings. The molecule has 1 aliphatic heterocycles. The summed E-state index contributed by atoms with van der Waals surface area (Å²) in [5.74, 6) is 0. The predicted octanol–water partition coefficient (Wildman–Crippen LogP) is -0.246. The molecule has 1 aromatic carbocycles. The fourth-order valence-electron chi connectivity index (χ4n) is 1.99. The zero-order chi connectivity index (χ0) is 14.9. The quantitative estimate of drug-likeness (QED) is 0.445. The van der Waals surface area contributed by atoms with Crippen LogP contribution in [-0.2, 0) is 4.74 Å². The largest absolute Gasteiger partial charge is 0.388 e. The fourth-order valence-corrected chi connectivity index (χ4v) is 1.99. The Hall–Kier alpha value is -1.74. The first-order valence-corrected chi connectivity index (χ1v) is 6.07. The second-order valence-corrected chi connectivity index (χ2v) is 4.71. The zero-order valence-corrected chi connectivity index (χ0v) is 10.8. The molecular formula is C12H16N2O6. The third kappa shape index (κ3) is 2.88. The van der Waals surface area contributed by atoms with Gasteiger partial charge in [0, 0.05) is 17.3 Å². The first kappa shape index (κ1) is 14.7. The molecule has 0 radical (unpaired) electrons. The van der Waals surface area contributed by atoms with E-state index in [0.717, 1.165) is 0 Å². The highest BCUT2D eigenvalue weighted by molar-refractivity contribution is 5.55. The van der Waals surface area contributed by atoms with Gasteiger partial charge in [-0.05, 0) is 13.0 Å². The van der Waals surface area contributed by atoms with Crippen molar-refractivity contribution in [2.24, 2.45) is 0 Å². The first-order chi connectivity index (χ1) is 9.40. The van der Waals surface area contributed by atoms with E-state index in [1.165, 1.54) is 6.07 Å². The summed E-state index contributed by atoms with van der Waals surface area (Å²) in [4.78, 5) is 10.3. The van der Waals surface area contributed by atoms with E-state index in [0.29, 0.717) is 11.3 Å². The Kier molecular flexibility index (Phi) is 4.19. The molecular weight excluding hydrogens is 268 g/mol. The van der Waals surface area contributed by atoms with Crippen LogP contribution in [0.15, 0.2) is 18.2 Å². The highest BCUT2D eigenvalue weighted by Crippen LogP contribution is 2.24. The highest BCUT2D eigenvalue weighted by Gasteiger charge is 2.37. The van der Waals surface area contributed by atoms with Crippen molar-refractivity contribution in [1.29, 1.82) is 0 Å². The van der Waals surface area contributed by atoms with Gasteiger partial charge in [0.15, 0.2) is 6.23 Å². The van der Waals surface area contributed by atoms with E-state index in [2.05, 4.69) is 5.32 Å². The third-order valence-electron chi connectivity index (χ3n) is 3.22. The monoisotopic (exact) mass is 284 g/mol. The molecule has 0 aromatic heterocycles. The Morgan fingerprint density at radius 2 is 2.05 bits per heavy atom. The summed E-state index contributed by atoms with van der Waals surface area (Å²) in [7, 11) is 0. The second-order valence-electron chi connectivity index (χ2n) is 4.71. The summed E-state index contributed by atoms with van der Waals surface area (Å²) in [5, 5.41) is 42.3. The lowest BCUT2D eigenvalue weighted by molar-refractivity contribution is -0.385. The van der Waals surface area contributed by atoms with Gasteiger partial charge in [-0.2, -0.15) is 0 Å². The lowest BCUT2D eigenvalue weighted by Crippen LogP contribution is -2.55. The van der Waals surface area contributed by atoms with Gasteiger partial charge in [0.25, 0.3) is 5.69 Å². The maximum atomic E-state index is 10.8. The van der Waals surface area contributed by atoms with Crippen molar-refractivity contribution in [3.63, 3.8) is 0 Å². The predicted molar refractivity (Wildman–Crippen MR) is 69.2 cm³/mol. The average Bonchev–Trinajstić information content (AvgIpc) is 2.41. The molecule has 110 valence electrons. The Morgan fingerprint density at radius 1 is 1.35 bits per heavy atom. The van der Waals surface area contributed by atoms with E-state index in [-0.39, 0.29) is 12.3 Å². The average molecular weight is 284 g/mol. The van der Waals surface area contributed by atoms with Crippen molar-refractivity contribution in [3.05, 3.63) is 33.9 Å². The minimum Gasteiger partial charge on any atom is -0.388 e. The Morgan fingerprint density at radius 3 is 2.70 bits per heavy atom. The number of anilines is 1. The Labute approximate surface area is 114 Å². The summed E-state index contributed by atoms with van der Waals surface area (Å²) in [6.07, 6.45) is -4.77. The number of nitro benzene ring substituents is 1. The summed E-state index contributed by atoms with van der Waals surface area (Å²) >= 11 is 0. The molecule has 8 nitrogen and oxygen atoms in total. The fraction of sp³-hybridized carbons (Fsp3) is 0.500. The van der Waals surface area contributed by atoms with Crippen LogP contribution in [-0.4, -0.2) is 51.4 Å². The van der Waals surface area contributed by atoms with Gasteiger partial charge in [-0.25, -0.2) is 0 Å². The molecule has 0 amide bonds. The standard InChI is InChI=1S/C12H16N2O6/c1-6-2-3-7(4-8(6)14(18)19)13-12-11(17)10(16)9(15)5-20-12/h2-4,9-13,15-17H,5H2,1H3/t9-,10+,11-,12-/m0/s1. The highest BCUT2D eigenvalue weighted by atomic mass is 16.6. The van der Waals surface area contributed by atoms with Crippen LogP contribution in [0.5, 0.6) is 0 Å². The molecule has 0 aliphatic carbocycles. The molecule has 4 N–H and O–H groups in total. The number of aliphatic hydroxyl groups excluding tert-OH is 3. The SMILES string of the molecule is Cc1ccc(N[C@H]2OC[C@H](O)[C@@H](O)[C@@H]2O)cc1[N+](=O)[O-]. The number of hydrogen-bond acceptors (Lipinski definition) is 7. The number of nitrogens with one attached hydrogen (secondary N) is 1. The minimum absolute atomic E-state index is 0.0547. The van der Waals surface area contributed by atoms with Crippen LogP contribution in [0.2, 0.25) is 0 Å². The molecule has 0 saturated carbocycles. The molecule has 20 heavy (non-hydrogen) atoms. The van der Waals surface area contributed by atoms with Gasteiger partial charge in [0.05, 0.1) is 11.5 Å². The normalized spacial score (nSPS) is 30.0. The lowest BCUT2D eigenvalue weighted by atomic mass is 10.0.